The Bertz CT molecular complexity index is 219. The van der Waals surface area contributed by atoms with Crippen LogP contribution in [-0.2, 0) is 4.79 Å². The second-order valence-electron chi connectivity index (χ2n) is 4.85. The highest BCUT2D eigenvalue weighted by molar-refractivity contribution is 5.76. The first-order chi connectivity index (χ1) is 7.59. The van der Waals surface area contributed by atoms with Gasteiger partial charge in [0.2, 0.25) is 5.91 Å². The van der Waals surface area contributed by atoms with E-state index in [2.05, 4.69) is 19.2 Å². The summed E-state index contributed by atoms with van der Waals surface area (Å²) in [5.41, 5.74) is 0. The molecule has 0 aromatic heterocycles. The van der Waals surface area contributed by atoms with Crippen molar-refractivity contribution >= 4 is 5.91 Å². The van der Waals surface area contributed by atoms with Crippen molar-refractivity contribution in [3.05, 3.63) is 0 Å². The number of aliphatic hydroxyl groups excluding tert-OH is 1. The van der Waals surface area contributed by atoms with E-state index in [1.165, 1.54) is 0 Å². The van der Waals surface area contributed by atoms with Gasteiger partial charge in [0.05, 0.1) is 6.10 Å². The smallest absolute Gasteiger partial charge is 0.222 e. The minimum Gasteiger partial charge on any atom is -0.391 e. The summed E-state index contributed by atoms with van der Waals surface area (Å²) < 4.78 is 0. The summed E-state index contributed by atoms with van der Waals surface area (Å²) in [4.78, 5) is 13.6. The fraction of sp³-hybridized carbons (Fsp3) is 0.917. The molecule has 16 heavy (non-hydrogen) atoms. The third kappa shape index (κ3) is 4.94. The summed E-state index contributed by atoms with van der Waals surface area (Å²) in [6.45, 7) is 6.43. The van der Waals surface area contributed by atoms with Crippen LogP contribution in [0.15, 0.2) is 0 Å². The van der Waals surface area contributed by atoms with E-state index in [-0.39, 0.29) is 12.0 Å². The van der Waals surface area contributed by atoms with Crippen molar-refractivity contribution in [1.29, 1.82) is 0 Å². The highest BCUT2D eigenvalue weighted by Crippen LogP contribution is 2.11. The molecule has 0 spiro atoms. The van der Waals surface area contributed by atoms with Gasteiger partial charge < -0.3 is 15.3 Å². The molecule has 1 amide bonds. The van der Waals surface area contributed by atoms with E-state index in [9.17, 15) is 9.90 Å². The lowest BCUT2D eigenvalue weighted by Crippen LogP contribution is -2.42. The molecule has 0 aromatic rings. The van der Waals surface area contributed by atoms with Gasteiger partial charge in [-0.25, -0.2) is 0 Å². The van der Waals surface area contributed by atoms with Gasteiger partial charge in [-0.2, -0.15) is 0 Å². The van der Waals surface area contributed by atoms with Gasteiger partial charge in [0.1, 0.15) is 0 Å². The number of carbonyl (C=O) groups excluding carboxylic acids is 1. The van der Waals surface area contributed by atoms with Crippen LogP contribution in [0.5, 0.6) is 0 Å². The van der Waals surface area contributed by atoms with Crippen LogP contribution in [0.1, 0.15) is 39.5 Å². The highest BCUT2D eigenvalue weighted by Gasteiger charge is 2.21. The lowest BCUT2D eigenvalue weighted by atomic mass is 10.1. The quantitative estimate of drug-likeness (QED) is 0.683. The first kappa shape index (κ1) is 13.5. The topological polar surface area (TPSA) is 52.6 Å². The Kier molecular flexibility index (Phi) is 5.77. The number of aliphatic hydroxyl groups is 1. The van der Waals surface area contributed by atoms with Crippen LogP contribution < -0.4 is 5.32 Å². The first-order valence-corrected chi connectivity index (χ1v) is 6.29. The van der Waals surface area contributed by atoms with Crippen LogP contribution in [-0.4, -0.2) is 47.7 Å². The molecule has 94 valence electrons. The SMILES string of the molecule is CC(C)NCCCC(=O)N1CCC[C@H](O)C1. The first-order valence-electron chi connectivity index (χ1n) is 6.29. The molecule has 0 bridgehead atoms. The predicted molar refractivity (Wildman–Crippen MR) is 64.2 cm³/mol. The molecular weight excluding hydrogens is 204 g/mol. The summed E-state index contributed by atoms with van der Waals surface area (Å²) in [7, 11) is 0. The van der Waals surface area contributed by atoms with Crippen LogP contribution in [0.25, 0.3) is 0 Å². The fourth-order valence-corrected chi connectivity index (χ4v) is 1.97. The Morgan fingerprint density at radius 3 is 2.94 bits per heavy atom. The molecule has 4 heteroatoms. The molecule has 0 aromatic carbocycles. The average Bonchev–Trinajstić information content (AvgIpc) is 2.24. The van der Waals surface area contributed by atoms with E-state index in [1.807, 2.05) is 0 Å². The molecular formula is C12H24N2O2. The number of rotatable bonds is 5. The Morgan fingerprint density at radius 2 is 2.31 bits per heavy atom. The molecule has 1 aliphatic rings. The van der Waals surface area contributed by atoms with Crippen LogP contribution in [0.4, 0.5) is 0 Å². The number of likely N-dealkylation sites (tertiary alicyclic amines) is 1. The monoisotopic (exact) mass is 228 g/mol. The van der Waals surface area contributed by atoms with Gasteiger partial charge in [-0.3, -0.25) is 4.79 Å². The third-order valence-electron chi connectivity index (χ3n) is 2.87. The predicted octanol–water partition coefficient (Wildman–Crippen LogP) is 0.748. The van der Waals surface area contributed by atoms with E-state index >= 15 is 0 Å². The molecule has 1 heterocycles. The van der Waals surface area contributed by atoms with Crippen molar-refractivity contribution in [3.63, 3.8) is 0 Å². The van der Waals surface area contributed by atoms with Gasteiger partial charge in [0.25, 0.3) is 0 Å². The fourth-order valence-electron chi connectivity index (χ4n) is 1.97. The van der Waals surface area contributed by atoms with Crippen molar-refractivity contribution in [3.8, 4) is 0 Å². The molecule has 1 fully saturated rings. The number of hydrogen-bond donors (Lipinski definition) is 2. The van der Waals surface area contributed by atoms with Crippen LogP contribution in [0.2, 0.25) is 0 Å². The highest BCUT2D eigenvalue weighted by atomic mass is 16.3. The molecule has 0 unspecified atom stereocenters. The maximum absolute atomic E-state index is 11.8. The molecule has 4 nitrogen and oxygen atoms in total. The van der Waals surface area contributed by atoms with Gasteiger partial charge in [0, 0.05) is 25.6 Å². The second-order valence-corrected chi connectivity index (χ2v) is 4.85. The lowest BCUT2D eigenvalue weighted by molar-refractivity contribution is -0.134. The van der Waals surface area contributed by atoms with E-state index in [0.29, 0.717) is 19.0 Å². The summed E-state index contributed by atoms with van der Waals surface area (Å²) in [6, 6.07) is 0.479. The molecule has 0 saturated carbocycles. The van der Waals surface area contributed by atoms with Crippen molar-refractivity contribution in [2.45, 2.75) is 51.7 Å². The number of nitrogens with one attached hydrogen (secondary N) is 1. The maximum Gasteiger partial charge on any atom is 0.222 e. The molecule has 1 aliphatic heterocycles. The standard InChI is InChI=1S/C12H24N2O2/c1-10(2)13-7-3-6-12(16)14-8-4-5-11(15)9-14/h10-11,13,15H,3-9H2,1-2H3/t11-/m0/s1. The summed E-state index contributed by atoms with van der Waals surface area (Å²) in [6.07, 6.45) is 2.91. The molecule has 2 N–H and O–H groups in total. The largest absolute Gasteiger partial charge is 0.391 e. The van der Waals surface area contributed by atoms with E-state index in [1.54, 1.807) is 4.90 Å². The molecule has 0 radical (unpaired) electrons. The van der Waals surface area contributed by atoms with Crippen LogP contribution in [0.3, 0.4) is 0 Å². The Balaban J connectivity index is 2.14. The molecule has 1 saturated heterocycles. The Morgan fingerprint density at radius 1 is 1.56 bits per heavy atom. The van der Waals surface area contributed by atoms with Crippen molar-refractivity contribution < 1.29 is 9.90 Å². The van der Waals surface area contributed by atoms with Crippen molar-refractivity contribution in [1.82, 2.24) is 10.2 Å². The zero-order valence-corrected chi connectivity index (χ0v) is 10.4. The van der Waals surface area contributed by atoms with Gasteiger partial charge in [-0.15, -0.1) is 0 Å². The van der Waals surface area contributed by atoms with Gasteiger partial charge in [-0.1, -0.05) is 13.8 Å². The summed E-state index contributed by atoms with van der Waals surface area (Å²) in [5, 5.41) is 12.8. The zero-order chi connectivity index (χ0) is 12.0. The number of amides is 1. The van der Waals surface area contributed by atoms with Crippen LogP contribution >= 0.6 is 0 Å². The van der Waals surface area contributed by atoms with Gasteiger partial charge in [0.15, 0.2) is 0 Å². The van der Waals surface area contributed by atoms with E-state index < -0.39 is 0 Å². The number of carbonyl (C=O) groups is 1. The summed E-state index contributed by atoms with van der Waals surface area (Å²) in [5.74, 6) is 0.185. The summed E-state index contributed by atoms with van der Waals surface area (Å²) >= 11 is 0. The van der Waals surface area contributed by atoms with Crippen LogP contribution in [0, 0.1) is 0 Å². The normalized spacial score (nSPS) is 21.5. The molecule has 1 atom stereocenters. The number of β-amino-alcohol motifs (C(OH)–C–C–N with tert-alkyl or cyclic N) is 1. The van der Waals surface area contributed by atoms with Crippen molar-refractivity contribution in [2.75, 3.05) is 19.6 Å². The number of hydrogen-bond acceptors (Lipinski definition) is 3. The molecule has 0 aliphatic carbocycles. The number of piperidine rings is 1. The van der Waals surface area contributed by atoms with Gasteiger partial charge in [-0.05, 0) is 25.8 Å². The number of nitrogens with zero attached hydrogens (tertiary/aromatic N) is 1. The van der Waals surface area contributed by atoms with E-state index in [4.69, 9.17) is 0 Å². The minimum atomic E-state index is -0.313. The zero-order valence-electron chi connectivity index (χ0n) is 10.4. The Hall–Kier alpha value is -0.610. The van der Waals surface area contributed by atoms with Gasteiger partial charge >= 0.3 is 0 Å². The van der Waals surface area contributed by atoms with Crippen molar-refractivity contribution in [2.24, 2.45) is 0 Å². The second kappa shape index (κ2) is 6.86. The van der Waals surface area contributed by atoms with E-state index in [0.717, 1.165) is 32.4 Å². The maximum atomic E-state index is 11.8. The lowest BCUT2D eigenvalue weighted by Gasteiger charge is -2.30. The minimum absolute atomic E-state index is 0.185. The third-order valence-corrected chi connectivity index (χ3v) is 2.87. The Labute approximate surface area is 98.0 Å². The molecule has 1 rings (SSSR count). The average molecular weight is 228 g/mol.